The van der Waals surface area contributed by atoms with Crippen LogP contribution in [0.15, 0.2) is 36.8 Å². The number of rotatable bonds is 2. The van der Waals surface area contributed by atoms with Crippen LogP contribution >= 0.6 is 0 Å². The maximum absolute atomic E-state index is 4.74. The van der Waals surface area contributed by atoms with E-state index in [1.165, 1.54) is 0 Å². The van der Waals surface area contributed by atoms with Crippen LogP contribution in [0.4, 0.5) is 5.95 Å². The second-order valence-electron chi connectivity index (χ2n) is 5.67. The molecule has 1 aromatic carbocycles. The fourth-order valence-corrected chi connectivity index (χ4v) is 2.76. The van der Waals surface area contributed by atoms with Crippen LogP contribution in [0.1, 0.15) is 0 Å². The molecule has 0 bridgehead atoms. The van der Waals surface area contributed by atoms with Crippen molar-refractivity contribution in [1.82, 2.24) is 24.8 Å². The molecule has 1 N–H and O–H groups in total. The van der Waals surface area contributed by atoms with Gasteiger partial charge >= 0.3 is 0 Å². The van der Waals surface area contributed by atoms with Gasteiger partial charge in [0.2, 0.25) is 5.95 Å². The molecular formula is C16H18N6. The van der Waals surface area contributed by atoms with Crippen LogP contribution in [0.5, 0.6) is 0 Å². The van der Waals surface area contributed by atoms with Gasteiger partial charge in [0.1, 0.15) is 0 Å². The Bertz CT molecular complexity index is 788. The molecule has 3 aromatic rings. The Kier molecular flexibility index (Phi) is 3.23. The molecule has 1 aliphatic rings. The molecule has 112 valence electrons. The molecule has 0 unspecified atom stereocenters. The molecule has 0 saturated carbocycles. The Morgan fingerprint density at radius 3 is 2.77 bits per heavy atom. The summed E-state index contributed by atoms with van der Waals surface area (Å²) in [6.07, 6.45) is 3.55. The Morgan fingerprint density at radius 2 is 1.91 bits per heavy atom. The van der Waals surface area contributed by atoms with Crippen molar-refractivity contribution in [2.45, 2.75) is 0 Å². The highest BCUT2D eigenvalue weighted by atomic mass is 15.3. The highest BCUT2D eigenvalue weighted by Gasteiger charge is 2.16. The minimum absolute atomic E-state index is 0.815. The summed E-state index contributed by atoms with van der Waals surface area (Å²) in [7, 11) is 2.15. The van der Waals surface area contributed by atoms with Crippen molar-refractivity contribution in [2.75, 3.05) is 38.1 Å². The first-order chi connectivity index (χ1) is 10.8. The lowest BCUT2D eigenvalue weighted by Gasteiger charge is -2.32. The number of aromatic nitrogens is 4. The topological polar surface area (TPSA) is 60.9 Å². The standard InChI is InChI=1S/C16H18N6/c1-21-6-8-22(9-7-21)16-17-5-4-13(20-16)12-2-3-14-15(10-12)19-11-18-14/h2-5,10-11H,6-9H2,1H3,(H,18,19). The zero-order valence-electron chi connectivity index (χ0n) is 12.5. The molecule has 22 heavy (non-hydrogen) atoms. The summed E-state index contributed by atoms with van der Waals surface area (Å²) in [5.74, 6) is 0.815. The van der Waals surface area contributed by atoms with Crippen LogP contribution in [0.25, 0.3) is 22.3 Å². The molecule has 0 aliphatic carbocycles. The van der Waals surface area contributed by atoms with Crippen molar-refractivity contribution in [3.05, 3.63) is 36.8 Å². The number of piperazine rings is 1. The van der Waals surface area contributed by atoms with Crippen molar-refractivity contribution in [3.8, 4) is 11.3 Å². The molecule has 0 amide bonds. The fraction of sp³-hybridized carbons (Fsp3) is 0.312. The minimum Gasteiger partial charge on any atom is -0.345 e. The third-order valence-electron chi connectivity index (χ3n) is 4.14. The number of nitrogens with zero attached hydrogens (tertiary/aromatic N) is 5. The van der Waals surface area contributed by atoms with Crippen molar-refractivity contribution in [2.24, 2.45) is 0 Å². The average molecular weight is 294 g/mol. The number of imidazole rings is 1. The van der Waals surface area contributed by atoms with Gasteiger partial charge in [0.15, 0.2) is 0 Å². The summed E-state index contributed by atoms with van der Waals surface area (Å²) in [5, 5.41) is 0. The average Bonchev–Trinajstić information content (AvgIpc) is 3.03. The predicted octanol–water partition coefficient (Wildman–Crippen LogP) is 1.77. The monoisotopic (exact) mass is 294 g/mol. The van der Waals surface area contributed by atoms with Crippen LogP contribution in [-0.4, -0.2) is 58.1 Å². The van der Waals surface area contributed by atoms with Gasteiger partial charge in [0.05, 0.1) is 23.1 Å². The predicted molar refractivity (Wildman–Crippen MR) is 86.8 cm³/mol. The molecule has 6 nitrogen and oxygen atoms in total. The molecule has 2 aromatic heterocycles. The van der Waals surface area contributed by atoms with Crippen molar-refractivity contribution >= 4 is 17.0 Å². The second kappa shape index (κ2) is 5.38. The molecule has 1 fully saturated rings. The lowest BCUT2D eigenvalue weighted by molar-refractivity contribution is 0.311. The Balaban J connectivity index is 1.66. The highest BCUT2D eigenvalue weighted by Crippen LogP contribution is 2.22. The van der Waals surface area contributed by atoms with Crippen LogP contribution in [-0.2, 0) is 0 Å². The van der Waals surface area contributed by atoms with E-state index >= 15 is 0 Å². The third kappa shape index (κ3) is 2.42. The maximum Gasteiger partial charge on any atom is 0.225 e. The number of H-pyrrole nitrogens is 1. The van der Waals surface area contributed by atoms with E-state index in [1.807, 2.05) is 18.3 Å². The first-order valence-corrected chi connectivity index (χ1v) is 7.50. The largest absolute Gasteiger partial charge is 0.345 e. The zero-order chi connectivity index (χ0) is 14.9. The normalized spacial score (nSPS) is 16.3. The molecule has 1 aliphatic heterocycles. The first kappa shape index (κ1) is 13.2. The highest BCUT2D eigenvalue weighted by molar-refractivity contribution is 5.80. The van der Waals surface area contributed by atoms with Gasteiger partial charge in [-0.15, -0.1) is 0 Å². The van der Waals surface area contributed by atoms with Gasteiger partial charge < -0.3 is 14.8 Å². The van der Waals surface area contributed by atoms with E-state index in [1.54, 1.807) is 6.33 Å². The number of fused-ring (bicyclic) bond motifs is 1. The Morgan fingerprint density at radius 1 is 1.05 bits per heavy atom. The van der Waals surface area contributed by atoms with Crippen LogP contribution in [0, 0.1) is 0 Å². The number of nitrogens with one attached hydrogen (secondary N) is 1. The summed E-state index contributed by atoms with van der Waals surface area (Å²) in [6.45, 7) is 4.04. The number of hydrogen-bond acceptors (Lipinski definition) is 5. The summed E-state index contributed by atoms with van der Waals surface area (Å²) in [4.78, 5) is 21.2. The quantitative estimate of drug-likeness (QED) is 0.780. The number of hydrogen-bond donors (Lipinski definition) is 1. The first-order valence-electron chi connectivity index (χ1n) is 7.50. The van der Waals surface area contributed by atoms with Crippen molar-refractivity contribution in [3.63, 3.8) is 0 Å². The van der Waals surface area contributed by atoms with Crippen molar-refractivity contribution < 1.29 is 0 Å². The second-order valence-corrected chi connectivity index (χ2v) is 5.67. The fourth-order valence-electron chi connectivity index (χ4n) is 2.76. The van der Waals surface area contributed by atoms with Gasteiger partial charge in [-0.1, -0.05) is 6.07 Å². The summed E-state index contributed by atoms with van der Waals surface area (Å²) in [6, 6.07) is 8.10. The maximum atomic E-state index is 4.74. The lowest BCUT2D eigenvalue weighted by Crippen LogP contribution is -2.45. The van der Waals surface area contributed by atoms with E-state index < -0.39 is 0 Å². The van der Waals surface area contributed by atoms with E-state index in [9.17, 15) is 0 Å². The van der Waals surface area contributed by atoms with Gasteiger partial charge in [0.25, 0.3) is 0 Å². The van der Waals surface area contributed by atoms with Crippen LogP contribution < -0.4 is 4.90 Å². The Hall–Kier alpha value is -2.47. The minimum atomic E-state index is 0.815. The molecule has 0 radical (unpaired) electrons. The number of aromatic amines is 1. The molecule has 0 spiro atoms. The summed E-state index contributed by atoms with van der Waals surface area (Å²) in [5.41, 5.74) is 4.02. The van der Waals surface area contributed by atoms with Crippen LogP contribution in [0.3, 0.4) is 0 Å². The van der Waals surface area contributed by atoms with Gasteiger partial charge in [0, 0.05) is 37.9 Å². The SMILES string of the molecule is CN1CCN(c2nccc(-c3ccc4nc[nH]c4c3)n2)CC1. The third-order valence-corrected chi connectivity index (χ3v) is 4.14. The zero-order valence-corrected chi connectivity index (χ0v) is 12.5. The molecule has 0 atom stereocenters. The van der Waals surface area contributed by atoms with Crippen molar-refractivity contribution in [1.29, 1.82) is 0 Å². The van der Waals surface area contributed by atoms with E-state index in [0.29, 0.717) is 0 Å². The van der Waals surface area contributed by atoms with Gasteiger partial charge in [-0.3, -0.25) is 0 Å². The molecule has 4 rings (SSSR count). The number of benzene rings is 1. The van der Waals surface area contributed by atoms with Gasteiger partial charge in [-0.05, 0) is 25.2 Å². The van der Waals surface area contributed by atoms with Gasteiger partial charge in [-0.25, -0.2) is 15.0 Å². The number of anilines is 1. The smallest absolute Gasteiger partial charge is 0.225 e. The van der Waals surface area contributed by atoms with E-state index in [0.717, 1.165) is 54.4 Å². The molecule has 3 heterocycles. The molecular weight excluding hydrogens is 276 g/mol. The van der Waals surface area contributed by atoms with Crippen LogP contribution in [0.2, 0.25) is 0 Å². The van der Waals surface area contributed by atoms with E-state index in [-0.39, 0.29) is 0 Å². The summed E-state index contributed by atoms with van der Waals surface area (Å²) < 4.78 is 0. The van der Waals surface area contributed by atoms with E-state index in [4.69, 9.17) is 4.98 Å². The van der Waals surface area contributed by atoms with Gasteiger partial charge in [-0.2, -0.15) is 0 Å². The molecule has 6 heteroatoms. The molecule has 1 saturated heterocycles. The lowest BCUT2D eigenvalue weighted by atomic mass is 10.1. The summed E-state index contributed by atoms with van der Waals surface area (Å²) >= 11 is 0. The number of likely N-dealkylation sites (N-methyl/N-ethyl adjacent to an activating group) is 1. The Labute approximate surface area is 128 Å². The van der Waals surface area contributed by atoms with E-state index in [2.05, 4.69) is 43.9 Å².